The Morgan fingerprint density at radius 2 is 1.95 bits per heavy atom. The van der Waals surface area contributed by atoms with E-state index in [1.807, 2.05) is 19.1 Å². The van der Waals surface area contributed by atoms with Crippen LogP contribution in [-0.4, -0.2) is 32.3 Å². The van der Waals surface area contributed by atoms with Crippen LogP contribution in [-0.2, 0) is 4.79 Å². The number of carbonyl (C=O) groups excluding carboxylic acids is 1. The van der Waals surface area contributed by atoms with Crippen molar-refractivity contribution in [2.45, 2.75) is 13.0 Å². The summed E-state index contributed by atoms with van der Waals surface area (Å²) in [5, 5.41) is 9.23. The first-order chi connectivity index (χ1) is 10.5. The molecule has 0 bridgehead atoms. The molecule has 0 saturated heterocycles. The maximum absolute atomic E-state index is 12.2. The van der Waals surface area contributed by atoms with Gasteiger partial charge in [0.2, 0.25) is 0 Å². The smallest absolute Gasteiger partial charge is 0.251 e. The second-order valence-electron chi connectivity index (χ2n) is 4.76. The third-order valence-electron chi connectivity index (χ3n) is 3.48. The SMILES string of the molecule is CNC(=O)C1=C(C)NC(=S)N[C@@H]1c1ccc(OC)c(OC)c1. The molecule has 22 heavy (non-hydrogen) atoms. The average molecular weight is 321 g/mol. The molecular formula is C15H19N3O3S. The lowest BCUT2D eigenvalue weighted by atomic mass is 9.94. The first-order valence-corrected chi connectivity index (χ1v) is 7.15. The summed E-state index contributed by atoms with van der Waals surface area (Å²) < 4.78 is 10.6. The van der Waals surface area contributed by atoms with Crippen molar-refractivity contribution in [2.24, 2.45) is 0 Å². The Hall–Kier alpha value is -2.28. The number of ether oxygens (including phenoxy) is 2. The lowest BCUT2D eigenvalue weighted by Gasteiger charge is -2.30. The van der Waals surface area contributed by atoms with Crippen LogP contribution in [0.3, 0.4) is 0 Å². The van der Waals surface area contributed by atoms with Crippen molar-refractivity contribution in [1.29, 1.82) is 0 Å². The molecule has 0 aromatic heterocycles. The highest BCUT2D eigenvalue weighted by Gasteiger charge is 2.29. The lowest BCUT2D eigenvalue weighted by molar-refractivity contribution is -0.117. The molecule has 2 rings (SSSR count). The molecule has 1 aliphatic rings. The van der Waals surface area contributed by atoms with Gasteiger partial charge in [-0.2, -0.15) is 0 Å². The van der Waals surface area contributed by atoms with Crippen LogP contribution in [0.4, 0.5) is 0 Å². The molecule has 0 aliphatic carbocycles. The Morgan fingerprint density at radius 1 is 1.27 bits per heavy atom. The van der Waals surface area contributed by atoms with Gasteiger partial charge in [-0.1, -0.05) is 6.07 Å². The fourth-order valence-corrected chi connectivity index (χ4v) is 2.68. The van der Waals surface area contributed by atoms with Crippen LogP contribution in [0.15, 0.2) is 29.5 Å². The predicted molar refractivity (Wildman–Crippen MR) is 87.9 cm³/mol. The van der Waals surface area contributed by atoms with Gasteiger partial charge < -0.3 is 25.4 Å². The second kappa shape index (κ2) is 6.65. The highest BCUT2D eigenvalue weighted by molar-refractivity contribution is 7.80. The standard InChI is InChI=1S/C15H19N3O3S/c1-8-12(14(19)16-2)13(18-15(22)17-8)9-5-6-10(20-3)11(7-9)21-4/h5-7,13H,1-4H3,(H,16,19)(H2,17,18,22)/t13-/m1/s1. The van der Waals surface area contributed by atoms with E-state index in [4.69, 9.17) is 21.7 Å². The number of thiocarbonyl (C=S) groups is 1. The Kier molecular flexibility index (Phi) is 4.87. The first-order valence-electron chi connectivity index (χ1n) is 6.74. The van der Waals surface area contributed by atoms with Crippen LogP contribution in [0.1, 0.15) is 18.5 Å². The lowest BCUT2D eigenvalue weighted by Crippen LogP contribution is -2.46. The quantitative estimate of drug-likeness (QED) is 0.725. The largest absolute Gasteiger partial charge is 0.493 e. The number of carbonyl (C=O) groups is 1. The van der Waals surface area contributed by atoms with Crippen LogP contribution in [0.2, 0.25) is 0 Å². The zero-order valence-corrected chi connectivity index (χ0v) is 13.8. The second-order valence-corrected chi connectivity index (χ2v) is 5.17. The van der Waals surface area contributed by atoms with Crippen molar-refractivity contribution in [3.63, 3.8) is 0 Å². The summed E-state index contributed by atoms with van der Waals surface area (Å²) in [5.41, 5.74) is 2.17. The number of rotatable bonds is 4. The molecule has 0 spiro atoms. The van der Waals surface area contributed by atoms with Gasteiger partial charge in [0.1, 0.15) is 0 Å². The van der Waals surface area contributed by atoms with E-state index in [1.165, 1.54) is 0 Å². The van der Waals surface area contributed by atoms with E-state index in [2.05, 4.69) is 16.0 Å². The molecule has 1 atom stereocenters. The molecule has 1 aromatic rings. The maximum atomic E-state index is 12.2. The molecule has 0 saturated carbocycles. The molecule has 7 heteroatoms. The zero-order valence-electron chi connectivity index (χ0n) is 12.9. The summed E-state index contributed by atoms with van der Waals surface area (Å²) in [4.78, 5) is 12.2. The van der Waals surface area contributed by atoms with Crippen molar-refractivity contribution >= 4 is 23.2 Å². The minimum absolute atomic E-state index is 0.167. The fourth-order valence-electron chi connectivity index (χ4n) is 2.41. The third kappa shape index (κ3) is 2.99. The number of likely N-dealkylation sites (N-methyl/N-ethyl adjacent to an activating group) is 1. The molecule has 6 nitrogen and oxygen atoms in total. The van der Waals surface area contributed by atoms with E-state index in [1.54, 1.807) is 27.3 Å². The van der Waals surface area contributed by atoms with Crippen LogP contribution in [0, 0.1) is 0 Å². The Morgan fingerprint density at radius 3 is 2.55 bits per heavy atom. The molecule has 118 valence electrons. The van der Waals surface area contributed by atoms with Gasteiger partial charge in [-0.25, -0.2) is 0 Å². The number of allylic oxidation sites excluding steroid dienone is 1. The normalized spacial score (nSPS) is 17.5. The summed E-state index contributed by atoms with van der Waals surface area (Å²) in [5.74, 6) is 1.06. The summed E-state index contributed by atoms with van der Waals surface area (Å²) in [6.07, 6.45) is 0. The van der Waals surface area contributed by atoms with Crippen molar-refractivity contribution < 1.29 is 14.3 Å². The topological polar surface area (TPSA) is 71.6 Å². The van der Waals surface area contributed by atoms with Gasteiger partial charge >= 0.3 is 0 Å². The summed E-state index contributed by atoms with van der Waals surface area (Å²) >= 11 is 5.20. The molecule has 1 aromatic carbocycles. The van der Waals surface area contributed by atoms with Crippen LogP contribution < -0.4 is 25.4 Å². The first kappa shape index (κ1) is 16.1. The van der Waals surface area contributed by atoms with Gasteiger partial charge in [-0.15, -0.1) is 0 Å². The van der Waals surface area contributed by atoms with E-state index in [0.717, 1.165) is 11.3 Å². The highest BCUT2D eigenvalue weighted by atomic mass is 32.1. The Labute approximate surface area is 134 Å². The monoisotopic (exact) mass is 321 g/mol. The predicted octanol–water partition coefficient (Wildman–Crippen LogP) is 1.24. The van der Waals surface area contributed by atoms with Crippen molar-refractivity contribution in [3.05, 3.63) is 35.0 Å². The molecule has 0 unspecified atom stereocenters. The molecule has 1 aliphatic heterocycles. The van der Waals surface area contributed by atoms with E-state index >= 15 is 0 Å². The number of benzene rings is 1. The number of amides is 1. The minimum Gasteiger partial charge on any atom is -0.493 e. The van der Waals surface area contributed by atoms with Crippen molar-refractivity contribution in [3.8, 4) is 11.5 Å². The van der Waals surface area contributed by atoms with E-state index in [9.17, 15) is 4.79 Å². The summed E-state index contributed by atoms with van der Waals surface area (Å²) in [6, 6.07) is 5.16. The average Bonchev–Trinajstić information content (AvgIpc) is 2.52. The van der Waals surface area contributed by atoms with E-state index in [-0.39, 0.29) is 11.9 Å². The number of hydrogen-bond acceptors (Lipinski definition) is 4. The van der Waals surface area contributed by atoms with Gasteiger partial charge in [0.15, 0.2) is 16.6 Å². The molecule has 3 N–H and O–H groups in total. The van der Waals surface area contributed by atoms with Crippen LogP contribution in [0.5, 0.6) is 11.5 Å². The van der Waals surface area contributed by atoms with Crippen LogP contribution >= 0.6 is 12.2 Å². The number of methoxy groups -OCH3 is 2. The highest BCUT2D eigenvalue weighted by Crippen LogP contribution is 2.33. The van der Waals surface area contributed by atoms with Gasteiger partial charge in [0.05, 0.1) is 25.8 Å². The Balaban J connectivity index is 2.50. The van der Waals surface area contributed by atoms with Gasteiger partial charge in [-0.05, 0) is 36.8 Å². The third-order valence-corrected chi connectivity index (χ3v) is 3.70. The molecule has 0 fully saturated rings. The minimum atomic E-state index is -0.353. The molecule has 1 amide bonds. The maximum Gasteiger partial charge on any atom is 0.251 e. The Bertz CT molecular complexity index is 643. The van der Waals surface area contributed by atoms with Crippen LogP contribution in [0.25, 0.3) is 0 Å². The molecular weight excluding hydrogens is 302 g/mol. The molecule has 0 radical (unpaired) electrons. The van der Waals surface area contributed by atoms with Crippen molar-refractivity contribution in [1.82, 2.24) is 16.0 Å². The van der Waals surface area contributed by atoms with E-state index in [0.29, 0.717) is 22.2 Å². The van der Waals surface area contributed by atoms with Gasteiger partial charge in [-0.3, -0.25) is 4.79 Å². The fraction of sp³-hybridized carbons (Fsp3) is 0.333. The van der Waals surface area contributed by atoms with Gasteiger partial charge in [0, 0.05) is 12.7 Å². The zero-order chi connectivity index (χ0) is 16.3. The van der Waals surface area contributed by atoms with Gasteiger partial charge in [0.25, 0.3) is 5.91 Å². The van der Waals surface area contributed by atoms with E-state index < -0.39 is 0 Å². The van der Waals surface area contributed by atoms with Crippen molar-refractivity contribution in [2.75, 3.05) is 21.3 Å². The molecule has 1 heterocycles. The summed E-state index contributed by atoms with van der Waals surface area (Å²) in [7, 11) is 4.75. The number of hydrogen-bond donors (Lipinski definition) is 3. The summed E-state index contributed by atoms with van der Waals surface area (Å²) in [6.45, 7) is 1.82. The number of nitrogens with one attached hydrogen (secondary N) is 3.